The monoisotopic (exact) mass is 411 g/mol. The summed E-state index contributed by atoms with van der Waals surface area (Å²) in [6.45, 7) is -2.97. The van der Waals surface area contributed by atoms with E-state index in [1.165, 1.54) is 55.9 Å². The lowest BCUT2D eigenvalue weighted by molar-refractivity contribution is -0.141. The first-order valence-electron chi connectivity index (χ1n) is 8.14. The van der Waals surface area contributed by atoms with Gasteiger partial charge in [-0.05, 0) is 35.2 Å². The summed E-state index contributed by atoms with van der Waals surface area (Å²) >= 11 is 1.41. The first-order valence-corrected chi connectivity index (χ1v) is 9.02. The third-order valence-corrected chi connectivity index (χ3v) is 4.62. The minimum atomic E-state index is -2.97. The third kappa shape index (κ3) is 6.34. The highest BCUT2D eigenvalue weighted by Gasteiger charge is 2.19. The lowest BCUT2D eigenvalue weighted by Gasteiger charge is -2.15. The predicted octanol–water partition coefficient (Wildman–Crippen LogP) is 3.79. The number of ether oxygens (including phenoxy) is 3. The van der Waals surface area contributed by atoms with Gasteiger partial charge in [-0.3, -0.25) is 9.59 Å². The zero-order valence-electron chi connectivity index (χ0n) is 15.2. The fraction of sp³-hybridized carbons (Fsp3) is 0.263. The van der Waals surface area contributed by atoms with Crippen LogP contribution in [-0.2, 0) is 14.3 Å². The molecule has 150 valence electrons. The van der Waals surface area contributed by atoms with Gasteiger partial charge < -0.3 is 19.5 Å². The minimum absolute atomic E-state index is 0.00405. The smallest absolute Gasteiger partial charge is 0.387 e. The van der Waals surface area contributed by atoms with E-state index in [1.807, 2.05) is 17.5 Å². The van der Waals surface area contributed by atoms with Gasteiger partial charge in [0.25, 0.3) is 0 Å². The van der Waals surface area contributed by atoms with Crippen LogP contribution >= 0.6 is 11.3 Å². The molecule has 1 amide bonds. The van der Waals surface area contributed by atoms with Gasteiger partial charge >= 0.3 is 12.6 Å². The Kier molecular flexibility index (Phi) is 7.94. The SMILES string of the molecule is COC(=O)CC(NC(=O)/C=C/c1ccc(OC(F)F)c(OC)c1)c1cccs1. The zero-order chi connectivity index (χ0) is 20.5. The Morgan fingerprint density at radius 2 is 2.00 bits per heavy atom. The molecular weight excluding hydrogens is 392 g/mol. The molecule has 0 spiro atoms. The number of thiophene rings is 1. The molecule has 0 aliphatic heterocycles. The van der Waals surface area contributed by atoms with Crippen LogP contribution in [0.4, 0.5) is 8.78 Å². The molecule has 9 heteroatoms. The number of methoxy groups -OCH3 is 2. The number of alkyl halides is 2. The first kappa shape index (κ1) is 21.4. The van der Waals surface area contributed by atoms with E-state index in [-0.39, 0.29) is 17.9 Å². The number of nitrogens with one attached hydrogen (secondary N) is 1. The van der Waals surface area contributed by atoms with Gasteiger partial charge in [-0.2, -0.15) is 8.78 Å². The van der Waals surface area contributed by atoms with Gasteiger partial charge in [0, 0.05) is 11.0 Å². The molecule has 0 bridgehead atoms. The topological polar surface area (TPSA) is 73.9 Å². The molecule has 0 radical (unpaired) electrons. The Balaban J connectivity index is 2.08. The Labute approximate surface area is 164 Å². The zero-order valence-corrected chi connectivity index (χ0v) is 16.0. The summed E-state index contributed by atoms with van der Waals surface area (Å²) in [5.41, 5.74) is 0.550. The van der Waals surface area contributed by atoms with E-state index < -0.39 is 24.5 Å². The molecule has 2 rings (SSSR count). The third-order valence-electron chi connectivity index (χ3n) is 3.63. The van der Waals surface area contributed by atoms with Crippen molar-refractivity contribution in [2.45, 2.75) is 19.1 Å². The number of benzene rings is 1. The van der Waals surface area contributed by atoms with Crippen molar-refractivity contribution in [3.63, 3.8) is 0 Å². The van der Waals surface area contributed by atoms with Gasteiger partial charge in [0.05, 0.1) is 26.7 Å². The number of hydrogen-bond acceptors (Lipinski definition) is 6. The van der Waals surface area contributed by atoms with Gasteiger partial charge in [0.15, 0.2) is 11.5 Å². The maximum atomic E-state index is 12.4. The second kappa shape index (κ2) is 10.4. The highest BCUT2D eigenvalue weighted by molar-refractivity contribution is 7.10. The number of carbonyl (C=O) groups is 2. The van der Waals surface area contributed by atoms with Gasteiger partial charge in [-0.1, -0.05) is 12.1 Å². The van der Waals surface area contributed by atoms with Gasteiger partial charge in [-0.15, -0.1) is 11.3 Å². The summed E-state index contributed by atoms with van der Waals surface area (Å²) in [5, 5.41) is 4.59. The van der Waals surface area contributed by atoms with E-state index in [0.717, 1.165) is 4.88 Å². The molecule has 1 aromatic heterocycles. The predicted molar refractivity (Wildman–Crippen MR) is 100 cm³/mol. The van der Waals surface area contributed by atoms with Gasteiger partial charge in [0.2, 0.25) is 5.91 Å². The van der Waals surface area contributed by atoms with E-state index in [2.05, 4.69) is 14.8 Å². The molecule has 1 aromatic carbocycles. The number of rotatable bonds is 9. The maximum Gasteiger partial charge on any atom is 0.387 e. The van der Waals surface area contributed by atoms with Gasteiger partial charge in [0.1, 0.15) is 0 Å². The molecule has 1 N–H and O–H groups in total. The van der Waals surface area contributed by atoms with Crippen LogP contribution in [0.15, 0.2) is 41.8 Å². The second-order valence-electron chi connectivity index (χ2n) is 5.48. The average molecular weight is 411 g/mol. The Bertz CT molecular complexity index is 824. The van der Waals surface area contributed by atoms with Crippen LogP contribution in [0.2, 0.25) is 0 Å². The van der Waals surface area contributed by atoms with Crippen LogP contribution < -0.4 is 14.8 Å². The van der Waals surface area contributed by atoms with Crippen LogP contribution in [0.3, 0.4) is 0 Å². The maximum absolute atomic E-state index is 12.4. The van der Waals surface area contributed by atoms with Crippen LogP contribution in [0.5, 0.6) is 11.5 Å². The molecule has 28 heavy (non-hydrogen) atoms. The molecule has 0 saturated heterocycles. The molecule has 0 fully saturated rings. The van der Waals surface area contributed by atoms with Crippen LogP contribution in [0.1, 0.15) is 22.9 Å². The standard InChI is InChI=1S/C19H19F2NO5S/c1-25-15-10-12(5-7-14(15)27-19(20)21)6-8-17(23)22-13(11-18(24)26-2)16-4-3-9-28-16/h3-10,13,19H,11H2,1-2H3,(H,22,23)/b8-6+. The van der Waals surface area contributed by atoms with E-state index >= 15 is 0 Å². The fourth-order valence-corrected chi connectivity index (χ4v) is 3.11. The Morgan fingerprint density at radius 3 is 2.61 bits per heavy atom. The molecule has 0 aliphatic rings. The van der Waals surface area contributed by atoms with Crippen molar-refractivity contribution in [2.75, 3.05) is 14.2 Å². The second-order valence-corrected chi connectivity index (χ2v) is 6.46. The molecule has 0 aliphatic carbocycles. The lowest BCUT2D eigenvalue weighted by Crippen LogP contribution is -2.28. The van der Waals surface area contributed by atoms with Crippen molar-refractivity contribution in [2.24, 2.45) is 0 Å². The summed E-state index contributed by atoms with van der Waals surface area (Å²) in [5.74, 6) is -0.851. The van der Waals surface area contributed by atoms with E-state index in [9.17, 15) is 18.4 Å². The van der Waals surface area contributed by atoms with Crippen LogP contribution in [0.25, 0.3) is 6.08 Å². The summed E-state index contributed by atoms with van der Waals surface area (Å²) in [7, 11) is 2.61. The van der Waals surface area contributed by atoms with E-state index in [1.54, 1.807) is 0 Å². The molecule has 1 heterocycles. The minimum Gasteiger partial charge on any atom is -0.493 e. The van der Waals surface area contributed by atoms with Gasteiger partial charge in [-0.25, -0.2) is 0 Å². The molecule has 1 unspecified atom stereocenters. The van der Waals surface area contributed by atoms with Crippen molar-refractivity contribution in [3.05, 3.63) is 52.2 Å². The van der Waals surface area contributed by atoms with Crippen molar-refractivity contribution < 1.29 is 32.6 Å². The quantitative estimate of drug-likeness (QED) is 0.502. The number of carbonyl (C=O) groups excluding carboxylic acids is 2. The number of hydrogen-bond donors (Lipinski definition) is 1. The molecular formula is C19H19F2NO5S. The summed E-state index contributed by atoms with van der Waals surface area (Å²) < 4.78 is 38.8. The lowest BCUT2D eigenvalue weighted by atomic mass is 10.1. The Hall–Kier alpha value is -2.94. The largest absolute Gasteiger partial charge is 0.493 e. The summed E-state index contributed by atoms with van der Waals surface area (Å²) in [4.78, 5) is 24.7. The summed E-state index contributed by atoms with van der Waals surface area (Å²) in [6.07, 6.45) is 2.78. The first-order chi connectivity index (χ1) is 13.4. The Morgan fingerprint density at radius 1 is 1.21 bits per heavy atom. The highest BCUT2D eigenvalue weighted by Crippen LogP contribution is 2.30. The van der Waals surface area contributed by atoms with Crippen LogP contribution in [0, 0.1) is 0 Å². The molecule has 0 saturated carbocycles. The fourth-order valence-electron chi connectivity index (χ4n) is 2.34. The van der Waals surface area contributed by atoms with E-state index in [0.29, 0.717) is 5.56 Å². The van der Waals surface area contributed by atoms with Crippen molar-refractivity contribution >= 4 is 29.3 Å². The summed E-state index contributed by atoms with van der Waals surface area (Å²) in [6, 6.07) is 7.42. The van der Waals surface area contributed by atoms with Crippen molar-refractivity contribution in [1.82, 2.24) is 5.32 Å². The number of halogens is 2. The van der Waals surface area contributed by atoms with E-state index in [4.69, 9.17) is 4.74 Å². The normalized spacial score (nSPS) is 12.0. The molecule has 6 nitrogen and oxygen atoms in total. The molecule has 1 atom stereocenters. The van der Waals surface area contributed by atoms with Crippen molar-refractivity contribution in [3.8, 4) is 11.5 Å². The van der Waals surface area contributed by atoms with Crippen molar-refractivity contribution in [1.29, 1.82) is 0 Å². The number of esters is 1. The number of amides is 1. The molecule has 2 aromatic rings. The average Bonchev–Trinajstić information content (AvgIpc) is 3.20. The highest BCUT2D eigenvalue weighted by atomic mass is 32.1. The van der Waals surface area contributed by atoms with Crippen LogP contribution in [-0.4, -0.2) is 32.7 Å².